The van der Waals surface area contributed by atoms with Gasteiger partial charge in [-0.15, -0.1) is 23.7 Å². The lowest BCUT2D eigenvalue weighted by molar-refractivity contribution is -0.137. The highest BCUT2D eigenvalue weighted by Gasteiger charge is 2.30. The zero-order valence-electron chi connectivity index (χ0n) is 11.7. The molecule has 3 nitrogen and oxygen atoms in total. The standard InChI is InChI=1S/C14H15F3N2OS.ClH/c1-8-12(6-11(18)7-20)21-13(19-8)9-2-4-10(5-3-9)14(15,16)17;/h2-5,11,20H,6-7,18H2,1H3;1H. The summed E-state index contributed by atoms with van der Waals surface area (Å²) in [5, 5.41) is 9.62. The third-order valence-electron chi connectivity index (χ3n) is 3.03. The number of aliphatic hydroxyl groups is 1. The number of benzene rings is 1. The number of aromatic nitrogens is 1. The van der Waals surface area contributed by atoms with Crippen LogP contribution in [0.2, 0.25) is 0 Å². The first-order valence-corrected chi connectivity index (χ1v) is 7.13. The number of hydrogen-bond donors (Lipinski definition) is 2. The van der Waals surface area contributed by atoms with Gasteiger partial charge in [0.1, 0.15) is 5.01 Å². The molecule has 0 aliphatic rings. The Morgan fingerprint density at radius 2 is 1.86 bits per heavy atom. The highest BCUT2D eigenvalue weighted by atomic mass is 35.5. The summed E-state index contributed by atoms with van der Waals surface area (Å²) >= 11 is 1.39. The molecule has 0 spiro atoms. The largest absolute Gasteiger partial charge is 0.416 e. The zero-order valence-corrected chi connectivity index (χ0v) is 13.4. The van der Waals surface area contributed by atoms with Crippen molar-refractivity contribution in [3.63, 3.8) is 0 Å². The number of nitrogens with zero attached hydrogens (tertiary/aromatic N) is 1. The lowest BCUT2D eigenvalue weighted by Gasteiger charge is -2.06. The lowest BCUT2D eigenvalue weighted by Crippen LogP contribution is -2.26. The fourth-order valence-electron chi connectivity index (χ4n) is 1.85. The van der Waals surface area contributed by atoms with Crippen LogP contribution in [0.4, 0.5) is 13.2 Å². The maximum Gasteiger partial charge on any atom is 0.416 e. The first-order chi connectivity index (χ1) is 9.81. The number of rotatable bonds is 4. The molecule has 2 rings (SSSR count). The van der Waals surface area contributed by atoms with Gasteiger partial charge in [0.25, 0.3) is 0 Å². The Kier molecular flexibility index (Phi) is 6.37. The molecule has 0 saturated heterocycles. The molecular formula is C14H16ClF3N2OS. The summed E-state index contributed by atoms with van der Waals surface area (Å²) in [7, 11) is 0. The molecule has 122 valence electrons. The van der Waals surface area contributed by atoms with Crippen molar-refractivity contribution in [2.75, 3.05) is 6.61 Å². The molecule has 1 unspecified atom stereocenters. The predicted molar refractivity (Wildman–Crippen MR) is 83.3 cm³/mol. The average Bonchev–Trinajstić information content (AvgIpc) is 2.79. The summed E-state index contributed by atoms with van der Waals surface area (Å²) < 4.78 is 37.6. The Bertz CT molecular complexity index is 614. The second-order valence-corrected chi connectivity index (χ2v) is 5.83. The van der Waals surface area contributed by atoms with Crippen molar-refractivity contribution in [3.8, 4) is 10.6 Å². The third kappa shape index (κ3) is 4.42. The van der Waals surface area contributed by atoms with Crippen molar-refractivity contribution in [2.45, 2.75) is 25.6 Å². The number of aliphatic hydroxyl groups excluding tert-OH is 1. The molecule has 0 amide bonds. The van der Waals surface area contributed by atoms with Crippen LogP contribution in [0.25, 0.3) is 10.6 Å². The van der Waals surface area contributed by atoms with Gasteiger partial charge in [0, 0.05) is 22.9 Å². The molecule has 0 bridgehead atoms. The van der Waals surface area contributed by atoms with Crippen LogP contribution >= 0.6 is 23.7 Å². The average molecular weight is 353 g/mol. The Morgan fingerprint density at radius 3 is 2.36 bits per heavy atom. The van der Waals surface area contributed by atoms with Gasteiger partial charge in [-0.25, -0.2) is 4.98 Å². The summed E-state index contributed by atoms with van der Waals surface area (Å²) in [6, 6.07) is 4.56. The molecule has 8 heteroatoms. The molecule has 1 aromatic heterocycles. The van der Waals surface area contributed by atoms with Gasteiger partial charge in [0.05, 0.1) is 17.9 Å². The van der Waals surface area contributed by atoms with E-state index in [-0.39, 0.29) is 25.1 Å². The van der Waals surface area contributed by atoms with Crippen LogP contribution < -0.4 is 5.73 Å². The fraction of sp³-hybridized carbons (Fsp3) is 0.357. The number of thiazole rings is 1. The van der Waals surface area contributed by atoms with Crippen molar-refractivity contribution in [2.24, 2.45) is 5.73 Å². The first kappa shape index (κ1) is 18.9. The minimum atomic E-state index is -4.34. The van der Waals surface area contributed by atoms with Crippen molar-refractivity contribution in [3.05, 3.63) is 40.4 Å². The maximum absolute atomic E-state index is 12.5. The SMILES string of the molecule is Cc1nc(-c2ccc(C(F)(F)F)cc2)sc1CC(N)CO.Cl. The van der Waals surface area contributed by atoms with Crippen molar-refractivity contribution < 1.29 is 18.3 Å². The third-order valence-corrected chi connectivity index (χ3v) is 4.26. The van der Waals surface area contributed by atoms with E-state index >= 15 is 0 Å². The molecule has 0 fully saturated rings. The smallest absolute Gasteiger partial charge is 0.395 e. The summed E-state index contributed by atoms with van der Waals surface area (Å²) in [4.78, 5) is 5.30. The highest BCUT2D eigenvalue weighted by Crippen LogP contribution is 2.33. The summed E-state index contributed by atoms with van der Waals surface area (Å²) in [6.45, 7) is 1.70. The van der Waals surface area contributed by atoms with E-state index < -0.39 is 11.7 Å². The van der Waals surface area contributed by atoms with Gasteiger partial charge >= 0.3 is 6.18 Å². The zero-order chi connectivity index (χ0) is 15.6. The van der Waals surface area contributed by atoms with Gasteiger partial charge in [0.15, 0.2) is 0 Å². The van der Waals surface area contributed by atoms with E-state index in [9.17, 15) is 13.2 Å². The van der Waals surface area contributed by atoms with Gasteiger partial charge in [-0.3, -0.25) is 0 Å². The van der Waals surface area contributed by atoms with E-state index in [2.05, 4.69) is 4.98 Å². The van der Waals surface area contributed by atoms with E-state index in [1.165, 1.54) is 23.5 Å². The normalized spacial score (nSPS) is 12.8. The van der Waals surface area contributed by atoms with Crippen LogP contribution in [0.3, 0.4) is 0 Å². The second kappa shape index (κ2) is 7.41. The molecule has 1 heterocycles. The minimum Gasteiger partial charge on any atom is -0.395 e. The molecule has 1 atom stereocenters. The molecular weight excluding hydrogens is 337 g/mol. The highest BCUT2D eigenvalue weighted by molar-refractivity contribution is 7.15. The molecule has 0 aliphatic carbocycles. The van der Waals surface area contributed by atoms with E-state index in [0.717, 1.165) is 22.7 Å². The van der Waals surface area contributed by atoms with Crippen molar-refractivity contribution >= 4 is 23.7 Å². The van der Waals surface area contributed by atoms with Crippen LogP contribution in [-0.2, 0) is 12.6 Å². The molecule has 0 saturated carbocycles. The van der Waals surface area contributed by atoms with E-state index in [0.29, 0.717) is 17.0 Å². The van der Waals surface area contributed by atoms with Gasteiger partial charge in [-0.2, -0.15) is 13.2 Å². The van der Waals surface area contributed by atoms with Crippen LogP contribution in [0.5, 0.6) is 0 Å². The Balaban J connectivity index is 0.00000242. The number of aryl methyl sites for hydroxylation is 1. The number of nitrogens with two attached hydrogens (primary N) is 1. The molecule has 22 heavy (non-hydrogen) atoms. The maximum atomic E-state index is 12.5. The van der Waals surface area contributed by atoms with Crippen molar-refractivity contribution in [1.82, 2.24) is 4.98 Å². The Labute approximate surface area is 136 Å². The van der Waals surface area contributed by atoms with Gasteiger partial charge < -0.3 is 10.8 Å². The summed E-state index contributed by atoms with van der Waals surface area (Å²) in [6.07, 6.45) is -3.84. The molecule has 1 aromatic carbocycles. The van der Waals surface area contributed by atoms with Gasteiger partial charge in [0.2, 0.25) is 0 Å². The Hall–Kier alpha value is -1.15. The van der Waals surface area contributed by atoms with Crippen LogP contribution in [-0.4, -0.2) is 22.7 Å². The molecule has 2 aromatic rings. The topological polar surface area (TPSA) is 59.1 Å². The quantitative estimate of drug-likeness (QED) is 0.886. The number of alkyl halides is 3. The van der Waals surface area contributed by atoms with Crippen LogP contribution in [0.15, 0.2) is 24.3 Å². The van der Waals surface area contributed by atoms with Gasteiger partial charge in [-0.1, -0.05) is 12.1 Å². The van der Waals surface area contributed by atoms with Gasteiger partial charge in [-0.05, 0) is 19.1 Å². The van der Waals surface area contributed by atoms with E-state index in [1.54, 1.807) is 0 Å². The second-order valence-electron chi connectivity index (χ2n) is 4.75. The van der Waals surface area contributed by atoms with E-state index in [4.69, 9.17) is 10.8 Å². The van der Waals surface area contributed by atoms with Crippen LogP contribution in [0.1, 0.15) is 16.1 Å². The minimum absolute atomic E-state index is 0. The molecule has 0 radical (unpaired) electrons. The summed E-state index contributed by atoms with van der Waals surface area (Å²) in [5.41, 5.74) is 6.44. The molecule has 0 aliphatic heterocycles. The fourth-order valence-corrected chi connectivity index (χ4v) is 3.01. The van der Waals surface area contributed by atoms with E-state index in [1.807, 2.05) is 6.92 Å². The monoisotopic (exact) mass is 352 g/mol. The lowest BCUT2D eigenvalue weighted by atomic mass is 10.1. The first-order valence-electron chi connectivity index (χ1n) is 6.31. The van der Waals surface area contributed by atoms with Crippen molar-refractivity contribution in [1.29, 1.82) is 0 Å². The molecule has 3 N–H and O–H groups in total. The number of halogens is 4. The van der Waals surface area contributed by atoms with Crippen LogP contribution in [0, 0.1) is 6.92 Å². The predicted octanol–water partition coefficient (Wildman–Crippen LogP) is 3.42. The Morgan fingerprint density at radius 1 is 1.27 bits per heavy atom. The number of hydrogen-bond acceptors (Lipinski definition) is 4. The summed E-state index contributed by atoms with van der Waals surface area (Å²) in [5.74, 6) is 0.